The highest BCUT2D eigenvalue weighted by Gasteiger charge is 2.31. The molecule has 33 heavy (non-hydrogen) atoms. The zero-order chi connectivity index (χ0) is 23.8. The lowest BCUT2D eigenvalue weighted by molar-refractivity contribution is -0.274. The fourth-order valence-electron chi connectivity index (χ4n) is 2.70. The predicted molar refractivity (Wildman–Crippen MR) is 115 cm³/mol. The predicted octanol–water partition coefficient (Wildman–Crippen LogP) is 4.23. The van der Waals surface area contributed by atoms with Gasteiger partial charge in [-0.05, 0) is 36.8 Å². The maximum atomic E-state index is 12.4. The molecule has 2 amide bonds. The summed E-state index contributed by atoms with van der Waals surface area (Å²) in [5.41, 5.74) is 1.22. The van der Waals surface area contributed by atoms with Crippen LogP contribution >= 0.6 is 11.3 Å². The van der Waals surface area contributed by atoms with Gasteiger partial charge in [0.15, 0.2) is 6.61 Å². The summed E-state index contributed by atoms with van der Waals surface area (Å²) >= 11 is 1.23. The maximum Gasteiger partial charge on any atom is 0.573 e. The highest BCUT2D eigenvalue weighted by Crippen LogP contribution is 2.24. The first-order valence-corrected chi connectivity index (χ1v) is 10.6. The Labute approximate surface area is 191 Å². The number of hydrogen-bond acceptors (Lipinski definition) is 6. The number of alkyl halides is 3. The first-order chi connectivity index (χ1) is 15.7. The second-order valence-corrected chi connectivity index (χ2v) is 7.76. The number of hydrogen-bond donors (Lipinski definition) is 2. The third-order valence-electron chi connectivity index (χ3n) is 4.30. The normalized spacial score (nSPS) is 12.0. The summed E-state index contributed by atoms with van der Waals surface area (Å²) in [7, 11) is 0. The Hall–Kier alpha value is -3.60. The van der Waals surface area contributed by atoms with Gasteiger partial charge in [-0.25, -0.2) is 4.98 Å². The first kappa shape index (κ1) is 24.1. The van der Waals surface area contributed by atoms with E-state index in [4.69, 9.17) is 4.74 Å². The van der Waals surface area contributed by atoms with Gasteiger partial charge in [0, 0.05) is 5.38 Å². The number of halogens is 3. The van der Waals surface area contributed by atoms with Crippen LogP contribution in [-0.4, -0.2) is 29.8 Å². The molecule has 0 aliphatic carbocycles. The average molecular weight is 479 g/mol. The van der Waals surface area contributed by atoms with Gasteiger partial charge < -0.3 is 20.1 Å². The lowest BCUT2D eigenvalue weighted by Gasteiger charge is -2.13. The Kier molecular flexibility index (Phi) is 7.88. The molecule has 2 aromatic carbocycles. The number of aromatic nitrogens is 1. The molecule has 0 saturated carbocycles. The van der Waals surface area contributed by atoms with Crippen molar-refractivity contribution in [3.63, 3.8) is 0 Å². The van der Waals surface area contributed by atoms with Crippen molar-refractivity contribution in [1.82, 2.24) is 15.6 Å². The van der Waals surface area contributed by atoms with Crippen LogP contribution < -0.4 is 20.1 Å². The molecule has 0 saturated heterocycles. The molecule has 0 bridgehead atoms. The molecule has 0 spiro atoms. The van der Waals surface area contributed by atoms with E-state index in [9.17, 15) is 22.8 Å². The average Bonchev–Trinajstić information content (AvgIpc) is 3.26. The monoisotopic (exact) mass is 479 g/mol. The number of benzene rings is 2. The summed E-state index contributed by atoms with van der Waals surface area (Å²) in [6, 6.07) is 14.0. The van der Waals surface area contributed by atoms with E-state index < -0.39 is 12.3 Å². The second kappa shape index (κ2) is 10.8. The van der Waals surface area contributed by atoms with Crippen molar-refractivity contribution in [1.29, 1.82) is 0 Å². The number of nitrogens with zero attached hydrogens (tertiary/aromatic N) is 1. The number of rotatable bonds is 9. The second-order valence-electron chi connectivity index (χ2n) is 6.82. The summed E-state index contributed by atoms with van der Waals surface area (Å²) in [4.78, 5) is 28.6. The van der Waals surface area contributed by atoms with Crippen molar-refractivity contribution in [3.05, 3.63) is 76.2 Å². The SMILES string of the molecule is CC(NC(=O)c1csc(CNC(=O)COc2ccc(OC(F)(F)F)cc2)n1)c1ccccc1. The van der Waals surface area contributed by atoms with Crippen LogP contribution in [-0.2, 0) is 11.3 Å². The van der Waals surface area contributed by atoms with Crippen LogP contribution in [0.5, 0.6) is 11.5 Å². The van der Waals surface area contributed by atoms with Gasteiger partial charge in [-0.1, -0.05) is 30.3 Å². The molecule has 0 aliphatic heterocycles. The summed E-state index contributed by atoms with van der Waals surface area (Å²) in [6.07, 6.45) is -4.78. The van der Waals surface area contributed by atoms with Crippen LogP contribution in [0.4, 0.5) is 13.2 Å². The van der Waals surface area contributed by atoms with Gasteiger partial charge in [0.05, 0.1) is 12.6 Å². The fraction of sp³-hybridized carbons (Fsp3) is 0.227. The molecule has 3 aromatic rings. The van der Waals surface area contributed by atoms with E-state index in [1.165, 1.54) is 23.5 Å². The number of carbonyl (C=O) groups is 2. The molecule has 0 radical (unpaired) electrons. The number of amides is 2. The Morgan fingerprint density at radius 3 is 2.39 bits per heavy atom. The van der Waals surface area contributed by atoms with Gasteiger partial charge in [0.1, 0.15) is 22.2 Å². The van der Waals surface area contributed by atoms with E-state index in [2.05, 4.69) is 20.4 Å². The van der Waals surface area contributed by atoms with E-state index in [0.717, 1.165) is 17.7 Å². The smallest absolute Gasteiger partial charge is 0.484 e. The zero-order valence-electron chi connectivity index (χ0n) is 17.4. The number of carbonyl (C=O) groups excluding carboxylic acids is 2. The topological polar surface area (TPSA) is 89.6 Å². The minimum Gasteiger partial charge on any atom is -0.484 e. The van der Waals surface area contributed by atoms with Crippen molar-refractivity contribution < 1.29 is 32.2 Å². The van der Waals surface area contributed by atoms with Crippen LogP contribution in [0, 0.1) is 0 Å². The number of ether oxygens (including phenoxy) is 2. The molecule has 2 N–H and O–H groups in total. The standard InChI is InChI=1S/C22H20F3N3O4S/c1-14(15-5-3-2-4-6-15)27-21(30)18-13-33-20(28-18)11-26-19(29)12-31-16-7-9-17(10-8-16)32-22(23,24)25/h2-10,13-14H,11-12H2,1H3,(H,26,29)(H,27,30). The molecule has 1 atom stereocenters. The van der Waals surface area contributed by atoms with Crippen LogP contribution in [0.1, 0.15) is 34.0 Å². The van der Waals surface area contributed by atoms with E-state index >= 15 is 0 Å². The maximum absolute atomic E-state index is 12.4. The zero-order valence-corrected chi connectivity index (χ0v) is 18.2. The Morgan fingerprint density at radius 1 is 1.06 bits per heavy atom. The molecular formula is C22H20F3N3O4S. The first-order valence-electron chi connectivity index (χ1n) is 9.75. The van der Waals surface area contributed by atoms with Gasteiger partial charge in [-0.3, -0.25) is 9.59 Å². The quantitative estimate of drug-likeness (QED) is 0.480. The molecular weight excluding hydrogens is 459 g/mol. The molecule has 11 heteroatoms. The summed E-state index contributed by atoms with van der Waals surface area (Å²) in [5, 5.41) is 7.62. The highest BCUT2D eigenvalue weighted by atomic mass is 32.1. The Bertz CT molecular complexity index is 1070. The summed E-state index contributed by atoms with van der Waals surface area (Å²) < 4.78 is 45.5. The molecule has 0 fully saturated rings. The van der Waals surface area contributed by atoms with Crippen LogP contribution in [0.25, 0.3) is 0 Å². The minimum atomic E-state index is -4.78. The lowest BCUT2D eigenvalue weighted by atomic mass is 10.1. The summed E-state index contributed by atoms with van der Waals surface area (Å²) in [5.74, 6) is -0.951. The molecule has 174 valence electrons. The molecule has 0 aliphatic rings. The Morgan fingerprint density at radius 2 is 1.73 bits per heavy atom. The largest absolute Gasteiger partial charge is 0.573 e. The molecule has 1 aromatic heterocycles. The fourth-order valence-corrected chi connectivity index (χ4v) is 3.42. The van der Waals surface area contributed by atoms with E-state index in [-0.39, 0.29) is 42.3 Å². The molecule has 1 heterocycles. The molecule has 1 unspecified atom stereocenters. The van der Waals surface area contributed by atoms with Crippen molar-refractivity contribution in [2.45, 2.75) is 25.9 Å². The minimum absolute atomic E-state index is 0.104. The Balaban J connectivity index is 1.42. The number of thiazole rings is 1. The molecule has 7 nitrogen and oxygen atoms in total. The van der Waals surface area contributed by atoms with Crippen LogP contribution in [0.2, 0.25) is 0 Å². The third-order valence-corrected chi connectivity index (χ3v) is 5.14. The van der Waals surface area contributed by atoms with Gasteiger partial charge in [0.25, 0.3) is 11.8 Å². The third kappa shape index (κ3) is 7.79. The van der Waals surface area contributed by atoms with Crippen LogP contribution in [0.3, 0.4) is 0 Å². The van der Waals surface area contributed by atoms with Crippen LogP contribution in [0.15, 0.2) is 60.0 Å². The van der Waals surface area contributed by atoms with E-state index in [0.29, 0.717) is 5.01 Å². The van der Waals surface area contributed by atoms with Crippen molar-refractivity contribution in [3.8, 4) is 11.5 Å². The van der Waals surface area contributed by atoms with E-state index in [1.54, 1.807) is 5.38 Å². The van der Waals surface area contributed by atoms with E-state index in [1.807, 2.05) is 37.3 Å². The summed E-state index contributed by atoms with van der Waals surface area (Å²) in [6.45, 7) is 1.64. The van der Waals surface area contributed by atoms with Crippen molar-refractivity contribution >= 4 is 23.2 Å². The van der Waals surface area contributed by atoms with Gasteiger partial charge in [-0.15, -0.1) is 24.5 Å². The van der Waals surface area contributed by atoms with Gasteiger partial charge >= 0.3 is 6.36 Å². The number of nitrogens with one attached hydrogen (secondary N) is 2. The van der Waals surface area contributed by atoms with Gasteiger partial charge in [0.2, 0.25) is 0 Å². The van der Waals surface area contributed by atoms with Gasteiger partial charge in [-0.2, -0.15) is 0 Å². The van der Waals surface area contributed by atoms with Crippen molar-refractivity contribution in [2.75, 3.05) is 6.61 Å². The molecule has 3 rings (SSSR count). The van der Waals surface area contributed by atoms with Crippen molar-refractivity contribution in [2.24, 2.45) is 0 Å². The lowest BCUT2D eigenvalue weighted by Crippen LogP contribution is -2.29. The highest BCUT2D eigenvalue weighted by molar-refractivity contribution is 7.09.